The van der Waals surface area contributed by atoms with Crippen LogP contribution in [0, 0.1) is 0 Å². The first kappa shape index (κ1) is 47.7. The summed E-state index contributed by atoms with van der Waals surface area (Å²) >= 11 is 0. The van der Waals surface area contributed by atoms with E-state index in [1.54, 1.807) is 6.08 Å². The van der Waals surface area contributed by atoms with Crippen LogP contribution < -0.4 is 5.73 Å². The van der Waals surface area contributed by atoms with Gasteiger partial charge in [-0.25, -0.2) is 4.57 Å². The quantitative estimate of drug-likeness (QED) is 0.0189. The normalized spacial score (nSPS) is 14.6. The highest BCUT2D eigenvalue weighted by atomic mass is 31.2. The Labute approximate surface area is 300 Å². The molecule has 9 nitrogen and oxygen atoms in total. The number of carbonyl (C=O) groups excluding carboxylic acids is 1. The van der Waals surface area contributed by atoms with Gasteiger partial charge >= 0.3 is 13.8 Å². The van der Waals surface area contributed by atoms with Gasteiger partial charge in [0.05, 0.1) is 25.9 Å². The molecule has 0 fully saturated rings. The summed E-state index contributed by atoms with van der Waals surface area (Å²) in [5.74, 6) is -0.369. The number of aliphatic hydroxyl groups excluding tert-OH is 1. The molecule has 0 saturated carbocycles. The fraction of sp³-hybridized carbons (Fsp3) is 0.821. The number of ether oxygens (including phenoxy) is 2. The molecule has 0 aromatic rings. The molecule has 0 aliphatic rings. The lowest BCUT2D eigenvalue weighted by Crippen LogP contribution is -2.28. The number of esters is 1. The van der Waals surface area contributed by atoms with Crippen molar-refractivity contribution < 1.29 is 37.9 Å². The summed E-state index contributed by atoms with van der Waals surface area (Å²) in [7, 11) is -4.29. The van der Waals surface area contributed by atoms with E-state index in [1.807, 2.05) is 18.2 Å². The summed E-state index contributed by atoms with van der Waals surface area (Å²) in [6.07, 6.45) is 36.3. The maximum atomic E-state index is 12.5. The third-order valence-corrected chi connectivity index (χ3v) is 9.14. The second kappa shape index (κ2) is 36.5. The molecular formula is C39H74NO8P. The fourth-order valence-electron chi connectivity index (χ4n) is 5.27. The lowest BCUT2D eigenvalue weighted by molar-refractivity contribution is -0.154. The van der Waals surface area contributed by atoms with Crippen molar-refractivity contribution in [2.24, 2.45) is 5.73 Å². The topological polar surface area (TPSA) is 138 Å². The number of hydrogen-bond acceptors (Lipinski definition) is 8. The molecule has 10 heteroatoms. The highest BCUT2D eigenvalue weighted by Crippen LogP contribution is 2.43. The van der Waals surface area contributed by atoms with Gasteiger partial charge in [-0.2, -0.15) is 0 Å². The number of nitrogens with two attached hydrogens (primary N) is 1. The van der Waals surface area contributed by atoms with Crippen LogP contribution in [0.15, 0.2) is 36.5 Å². The minimum absolute atomic E-state index is 0.0884. The number of phosphoric acid groups is 1. The lowest BCUT2D eigenvalue weighted by Gasteiger charge is -2.20. The molecule has 0 spiro atoms. The third kappa shape index (κ3) is 36.3. The van der Waals surface area contributed by atoms with Crippen LogP contribution in [0.3, 0.4) is 0 Å². The van der Waals surface area contributed by atoms with Crippen LogP contribution in [0.25, 0.3) is 0 Å². The van der Waals surface area contributed by atoms with Crippen molar-refractivity contribution in [3.8, 4) is 0 Å². The zero-order chi connectivity index (χ0) is 36.1. The van der Waals surface area contributed by atoms with Gasteiger partial charge in [-0.05, 0) is 38.5 Å². The van der Waals surface area contributed by atoms with Crippen LogP contribution in [-0.2, 0) is 27.9 Å². The summed E-state index contributed by atoms with van der Waals surface area (Å²) in [6, 6.07) is 0. The monoisotopic (exact) mass is 716 g/mol. The lowest BCUT2D eigenvalue weighted by atomic mass is 10.0. The third-order valence-electron chi connectivity index (χ3n) is 8.15. The number of phosphoric ester groups is 1. The van der Waals surface area contributed by atoms with Crippen LogP contribution in [0.1, 0.15) is 162 Å². The van der Waals surface area contributed by atoms with Crippen molar-refractivity contribution in [3.63, 3.8) is 0 Å². The molecule has 0 radical (unpaired) electrons. The van der Waals surface area contributed by atoms with Crippen molar-refractivity contribution in [3.05, 3.63) is 36.5 Å². The minimum Gasteiger partial charge on any atom is -0.457 e. The summed E-state index contributed by atoms with van der Waals surface area (Å²) in [6.45, 7) is 4.66. The number of unbranched alkanes of at least 4 members (excludes halogenated alkanes) is 18. The number of hydrogen-bond donors (Lipinski definition) is 3. The van der Waals surface area contributed by atoms with Gasteiger partial charge in [-0.1, -0.05) is 153 Å². The maximum absolute atomic E-state index is 12.5. The maximum Gasteiger partial charge on any atom is 0.472 e. The van der Waals surface area contributed by atoms with E-state index in [9.17, 15) is 19.4 Å². The standard InChI is InChI=1S/C39H74NO8P/c1-3-5-7-8-9-10-11-12-13-14-18-21-24-28-33-45-35-38(36-47-49(43,44)46-34-32-40)48-39(42)31-27-23-20-17-15-16-19-22-26-30-37(41)29-25-6-4-2/h6,19,22,25-26,30,37-38,41H,3-5,7-18,20-21,23-24,27-29,31-36,40H2,1-2H3,(H,43,44)/b22-19+,25-6+,30-26+. The van der Waals surface area contributed by atoms with E-state index >= 15 is 0 Å². The van der Waals surface area contributed by atoms with E-state index < -0.39 is 20.0 Å². The second-order valence-electron chi connectivity index (χ2n) is 13.0. The predicted molar refractivity (Wildman–Crippen MR) is 202 cm³/mol. The molecule has 0 heterocycles. The average molecular weight is 716 g/mol. The van der Waals surface area contributed by atoms with Gasteiger partial charge in [-0.15, -0.1) is 0 Å². The molecule has 3 unspecified atom stereocenters. The van der Waals surface area contributed by atoms with Gasteiger partial charge in [0.2, 0.25) is 0 Å². The molecule has 0 rings (SSSR count). The van der Waals surface area contributed by atoms with Crippen molar-refractivity contribution in [1.82, 2.24) is 0 Å². The van der Waals surface area contributed by atoms with Crippen molar-refractivity contribution >= 4 is 13.8 Å². The van der Waals surface area contributed by atoms with E-state index in [2.05, 4.69) is 26.0 Å². The Hall–Kier alpha value is -1.32. The Morgan fingerprint density at radius 1 is 0.714 bits per heavy atom. The van der Waals surface area contributed by atoms with Gasteiger partial charge in [0.15, 0.2) is 0 Å². The minimum atomic E-state index is -4.29. The number of carbonyl (C=O) groups is 1. The second-order valence-corrected chi connectivity index (χ2v) is 14.4. The largest absolute Gasteiger partial charge is 0.472 e. The highest BCUT2D eigenvalue weighted by molar-refractivity contribution is 7.47. The van der Waals surface area contributed by atoms with Crippen molar-refractivity contribution in [2.45, 2.75) is 174 Å². The first-order valence-corrected chi connectivity index (χ1v) is 21.1. The molecule has 0 bridgehead atoms. The average Bonchev–Trinajstić information content (AvgIpc) is 3.08. The predicted octanol–water partition coefficient (Wildman–Crippen LogP) is 10.0. The molecular weight excluding hydrogens is 641 g/mol. The van der Waals surface area contributed by atoms with E-state index in [1.165, 1.54) is 77.0 Å². The van der Waals surface area contributed by atoms with Gasteiger partial charge < -0.3 is 25.2 Å². The molecule has 0 aromatic heterocycles. The molecule has 49 heavy (non-hydrogen) atoms. The van der Waals surface area contributed by atoms with Gasteiger partial charge in [0.1, 0.15) is 6.10 Å². The van der Waals surface area contributed by atoms with Crippen molar-refractivity contribution in [1.29, 1.82) is 0 Å². The fourth-order valence-corrected chi connectivity index (χ4v) is 6.03. The number of aliphatic hydroxyl groups is 1. The zero-order valence-corrected chi connectivity index (χ0v) is 32.2. The molecule has 3 atom stereocenters. The summed E-state index contributed by atoms with van der Waals surface area (Å²) < 4.78 is 33.3. The van der Waals surface area contributed by atoms with Gasteiger partial charge in [-0.3, -0.25) is 13.8 Å². The molecule has 0 aliphatic heterocycles. The van der Waals surface area contributed by atoms with Crippen LogP contribution >= 0.6 is 7.82 Å². The Morgan fingerprint density at radius 3 is 1.92 bits per heavy atom. The van der Waals surface area contributed by atoms with Gasteiger partial charge in [0.25, 0.3) is 0 Å². The summed E-state index contributed by atoms with van der Waals surface area (Å²) in [4.78, 5) is 22.4. The highest BCUT2D eigenvalue weighted by Gasteiger charge is 2.25. The summed E-state index contributed by atoms with van der Waals surface area (Å²) in [5, 5.41) is 9.85. The van der Waals surface area contributed by atoms with E-state index in [-0.39, 0.29) is 38.8 Å². The van der Waals surface area contributed by atoms with Crippen LogP contribution in [0.5, 0.6) is 0 Å². The van der Waals surface area contributed by atoms with Crippen molar-refractivity contribution in [2.75, 3.05) is 33.0 Å². The van der Waals surface area contributed by atoms with Crippen LogP contribution in [0.4, 0.5) is 0 Å². The molecule has 4 N–H and O–H groups in total. The zero-order valence-electron chi connectivity index (χ0n) is 31.3. The Kier molecular flexibility index (Phi) is 35.5. The smallest absolute Gasteiger partial charge is 0.457 e. The first-order chi connectivity index (χ1) is 23.8. The van der Waals surface area contributed by atoms with Gasteiger partial charge in [0, 0.05) is 19.6 Å². The SMILES string of the molecule is CC/C=C/CC(O)/C=C/C=C/CCCCCCCC(=O)OC(COCCCCCCCCCCCCCCCC)COP(=O)(O)OCCN. The van der Waals surface area contributed by atoms with Crippen LogP contribution in [0.2, 0.25) is 0 Å². The molecule has 0 amide bonds. The number of rotatable bonds is 37. The molecule has 0 aliphatic carbocycles. The Bertz CT molecular complexity index is 866. The first-order valence-electron chi connectivity index (χ1n) is 19.6. The molecule has 0 aromatic carbocycles. The van der Waals surface area contributed by atoms with E-state index in [0.29, 0.717) is 19.4 Å². The summed E-state index contributed by atoms with van der Waals surface area (Å²) in [5.41, 5.74) is 5.35. The van der Waals surface area contributed by atoms with Crippen LogP contribution in [-0.4, -0.2) is 61.1 Å². The Morgan fingerprint density at radius 2 is 1.31 bits per heavy atom. The Balaban J connectivity index is 4.15. The molecule has 0 saturated heterocycles. The number of allylic oxidation sites excluding steroid dienone is 4. The van der Waals surface area contributed by atoms with E-state index in [0.717, 1.165) is 51.4 Å². The molecule has 288 valence electrons. The van der Waals surface area contributed by atoms with E-state index in [4.69, 9.17) is 24.3 Å².